The van der Waals surface area contributed by atoms with Crippen LogP contribution >= 0.6 is 0 Å². The number of rotatable bonds is 8. The number of carbonyl (C=O) groups is 2. The number of para-hydroxylation sites is 2. The number of nitrogens with zero attached hydrogens (tertiary/aromatic N) is 1. The van der Waals surface area contributed by atoms with E-state index in [4.69, 9.17) is 9.47 Å². The minimum absolute atomic E-state index is 0.415. The Hall–Kier alpha value is -3.61. The summed E-state index contributed by atoms with van der Waals surface area (Å²) in [5.74, 6) is -0.539. The van der Waals surface area contributed by atoms with Gasteiger partial charge in [-0.05, 0) is 48.9 Å². The van der Waals surface area contributed by atoms with Crippen LogP contribution in [0.1, 0.15) is 12.5 Å². The Balaban J connectivity index is 1.88. The van der Waals surface area contributed by atoms with Gasteiger partial charge in [-0.15, -0.1) is 0 Å². The highest BCUT2D eigenvalue weighted by Crippen LogP contribution is 2.23. The van der Waals surface area contributed by atoms with Crippen LogP contribution in [0, 0.1) is 0 Å². The summed E-state index contributed by atoms with van der Waals surface area (Å²) in [6, 6.07) is 13.9. The van der Waals surface area contributed by atoms with Gasteiger partial charge in [0.05, 0.1) is 18.5 Å². The first-order valence-corrected chi connectivity index (χ1v) is 8.34. The average molecular weight is 367 g/mol. The lowest BCUT2D eigenvalue weighted by atomic mass is 10.2. The first kappa shape index (κ1) is 19.7. The lowest BCUT2D eigenvalue weighted by molar-refractivity contribution is -0.136. The van der Waals surface area contributed by atoms with E-state index >= 15 is 0 Å². The minimum Gasteiger partial charge on any atom is -0.492 e. The van der Waals surface area contributed by atoms with E-state index in [1.165, 1.54) is 6.21 Å². The highest BCUT2D eigenvalue weighted by atomic mass is 16.5. The predicted molar refractivity (Wildman–Crippen MR) is 104 cm³/mol. The summed E-state index contributed by atoms with van der Waals surface area (Å²) in [6.45, 7) is 6.28. The van der Waals surface area contributed by atoms with Crippen LogP contribution in [0.25, 0.3) is 0 Å². The third-order valence-corrected chi connectivity index (χ3v) is 3.27. The van der Waals surface area contributed by atoms with Crippen molar-refractivity contribution in [3.63, 3.8) is 0 Å². The summed E-state index contributed by atoms with van der Waals surface area (Å²) in [5.41, 5.74) is 3.34. The van der Waals surface area contributed by atoms with Crippen LogP contribution in [0.5, 0.6) is 11.5 Å². The van der Waals surface area contributed by atoms with E-state index in [9.17, 15) is 9.59 Å². The van der Waals surface area contributed by atoms with Crippen molar-refractivity contribution in [2.24, 2.45) is 5.10 Å². The lowest BCUT2D eigenvalue weighted by Gasteiger charge is -2.10. The van der Waals surface area contributed by atoms with Gasteiger partial charge in [0.2, 0.25) is 0 Å². The maximum atomic E-state index is 12.0. The molecule has 0 aliphatic carbocycles. The van der Waals surface area contributed by atoms with Crippen molar-refractivity contribution in [1.29, 1.82) is 0 Å². The Kier molecular flexibility index (Phi) is 7.59. The van der Waals surface area contributed by atoms with Crippen LogP contribution < -0.4 is 20.2 Å². The molecular formula is C20H21N3O4. The monoisotopic (exact) mass is 367 g/mol. The largest absolute Gasteiger partial charge is 0.492 e. The Morgan fingerprint density at radius 1 is 1.07 bits per heavy atom. The van der Waals surface area contributed by atoms with Gasteiger partial charge in [-0.3, -0.25) is 9.59 Å². The summed E-state index contributed by atoms with van der Waals surface area (Å²) in [4.78, 5) is 23.9. The number of hydrogen-bond acceptors (Lipinski definition) is 5. The molecule has 0 heterocycles. The van der Waals surface area contributed by atoms with Gasteiger partial charge in [0.1, 0.15) is 18.1 Å². The number of amides is 2. The zero-order valence-electron chi connectivity index (χ0n) is 15.0. The van der Waals surface area contributed by atoms with E-state index in [0.717, 1.165) is 5.56 Å². The second kappa shape index (κ2) is 10.4. The fourth-order valence-corrected chi connectivity index (χ4v) is 2.05. The fraction of sp³-hybridized carbons (Fsp3) is 0.150. The van der Waals surface area contributed by atoms with Crippen molar-refractivity contribution in [2.75, 3.05) is 18.5 Å². The van der Waals surface area contributed by atoms with Crippen molar-refractivity contribution in [3.05, 3.63) is 66.7 Å². The van der Waals surface area contributed by atoms with Crippen LogP contribution in [-0.2, 0) is 9.59 Å². The van der Waals surface area contributed by atoms with Gasteiger partial charge in [0.15, 0.2) is 0 Å². The van der Waals surface area contributed by atoms with Gasteiger partial charge in [-0.25, -0.2) is 5.43 Å². The quantitative estimate of drug-likeness (QED) is 0.325. The molecule has 0 atom stereocenters. The van der Waals surface area contributed by atoms with Gasteiger partial charge < -0.3 is 14.8 Å². The van der Waals surface area contributed by atoms with Gasteiger partial charge in [-0.2, -0.15) is 5.10 Å². The van der Waals surface area contributed by atoms with Crippen LogP contribution in [-0.4, -0.2) is 31.2 Å². The number of benzene rings is 2. The van der Waals surface area contributed by atoms with E-state index < -0.39 is 11.8 Å². The average Bonchev–Trinajstić information content (AvgIpc) is 2.69. The van der Waals surface area contributed by atoms with Crippen LogP contribution in [0.3, 0.4) is 0 Å². The Morgan fingerprint density at radius 2 is 1.81 bits per heavy atom. The van der Waals surface area contributed by atoms with Crippen LogP contribution in [0.4, 0.5) is 5.69 Å². The first-order chi connectivity index (χ1) is 13.1. The lowest BCUT2D eigenvalue weighted by Crippen LogP contribution is -2.32. The first-order valence-electron chi connectivity index (χ1n) is 8.34. The second-order valence-electron chi connectivity index (χ2n) is 5.25. The zero-order chi connectivity index (χ0) is 19.5. The SMILES string of the molecule is C=CCOc1ccc(/C=N/NC(=O)C(=O)Nc2ccccc2OCC)cc1. The molecule has 2 N–H and O–H groups in total. The molecule has 0 bridgehead atoms. The minimum atomic E-state index is -0.886. The van der Waals surface area contributed by atoms with Crippen molar-refractivity contribution < 1.29 is 19.1 Å². The molecule has 27 heavy (non-hydrogen) atoms. The molecule has 2 aromatic rings. The zero-order valence-corrected chi connectivity index (χ0v) is 15.0. The highest BCUT2D eigenvalue weighted by Gasteiger charge is 2.15. The van der Waals surface area contributed by atoms with E-state index in [0.29, 0.717) is 30.4 Å². The molecule has 0 radical (unpaired) electrons. The maximum absolute atomic E-state index is 12.0. The molecular weight excluding hydrogens is 346 g/mol. The molecule has 0 aliphatic rings. The van der Waals surface area contributed by atoms with E-state index in [2.05, 4.69) is 22.4 Å². The molecule has 0 saturated carbocycles. The second-order valence-corrected chi connectivity index (χ2v) is 5.25. The van der Waals surface area contributed by atoms with Gasteiger partial charge in [0.25, 0.3) is 0 Å². The maximum Gasteiger partial charge on any atom is 0.329 e. The topological polar surface area (TPSA) is 89.0 Å². The number of hydrogen-bond donors (Lipinski definition) is 2. The standard InChI is InChI=1S/C20H21N3O4/c1-3-13-27-16-11-9-15(10-12-16)14-21-23-20(25)19(24)22-17-7-5-6-8-18(17)26-4-2/h3,5-12,14H,1,4,13H2,2H3,(H,22,24)(H,23,25)/b21-14+. The number of carbonyl (C=O) groups excluding carboxylic acids is 2. The van der Waals surface area contributed by atoms with Gasteiger partial charge >= 0.3 is 11.8 Å². The molecule has 0 unspecified atom stereocenters. The normalized spacial score (nSPS) is 10.3. The highest BCUT2D eigenvalue weighted by molar-refractivity contribution is 6.39. The molecule has 0 aliphatic heterocycles. The molecule has 0 spiro atoms. The third kappa shape index (κ3) is 6.32. The summed E-state index contributed by atoms with van der Waals surface area (Å²) in [5, 5.41) is 6.28. The molecule has 7 heteroatoms. The molecule has 0 aromatic heterocycles. The number of nitrogens with one attached hydrogen (secondary N) is 2. The summed E-state index contributed by atoms with van der Waals surface area (Å²) in [7, 11) is 0. The summed E-state index contributed by atoms with van der Waals surface area (Å²) >= 11 is 0. The molecule has 2 amide bonds. The van der Waals surface area contributed by atoms with Crippen molar-refractivity contribution in [2.45, 2.75) is 6.92 Å². The van der Waals surface area contributed by atoms with Crippen LogP contribution in [0.15, 0.2) is 66.3 Å². The Bertz CT molecular complexity index is 816. The number of hydrazone groups is 1. The number of anilines is 1. The molecule has 7 nitrogen and oxygen atoms in total. The van der Waals surface area contributed by atoms with Crippen molar-refractivity contribution in [1.82, 2.24) is 5.43 Å². The fourth-order valence-electron chi connectivity index (χ4n) is 2.05. The van der Waals surface area contributed by atoms with Crippen LogP contribution in [0.2, 0.25) is 0 Å². The van der Waals surface area contributed by atoms with E-state index in [1.807, 2.05) is 6.92 Å². The van der Waals surface area contributed by atoms with Gasteiger partial charge in [-0.1, -0.05) is 24.8 Å². The van der Waals surface area contributed by atoms with E-state index in [1.54, 1.807) is 54.6 Å². The third-order valence-electron chi connectivity index (χ3n) is 3.27. The number of ether oxygens (including phenoxy) is 2. The predicted octanol–water partition coefficient (Wildman–Crippen LogP) is 2.74. The smallest absolute Gasteiger partial charge is 0.329 e. The van der Waals surface area contributed by atoms with Gasteiger partial charge in [0, 0.05) is 0 Å². The van der Waals surface area contributed by atoms with Crippen molar-refractivity contribution >= 4 is 23.7 Å². The van der Waals surface area contributed by atoms with E-state index in [-0.39, 0.29) is 0 Å². The Morgan fingerprint density at radius 3 is 2.52 bits per heavy atom. The molecule has 0 fully saturated rings. The van der Waals surface area contributed by atoms with Crippen molar-refractivity contribution in [3.8, 4) is 11.5 Å². The molecule has 140 valence electrons. The molecule has 0 saturated heterocycles. The molecule has 2 rings (SSSR count). The molecule has 2 aromatic carbocycles. The summed E-state index contributed by atoms with van der Waals surface area (Å²) < 4.78 is 10.8. The summed E-state index contributed by atoms with van der Waals surface area (Å²) in [6.07, 6.45) is 3.08. The Labute approximate surface area is 157 Å².